The van der Waals surface area contributed by atoms with Crippen LogP contribution >= 0.6 is 22.9 Å². The lowest BCUT2D eigenvalue weighted by atomic mass is 10.0. The van der Waals surface area contributed by atoms with Crippen LogP contribution in [-0.4, -0.2) is 19.0 Å². The van der Waals surface area contributed by atoms with Crippen LogP contribution in [-0.2, 0) is 4.74 Å². The molecule has 0 radical (unpaired) electrons. The number of ether oxygens (including phenoxy) is 1. The molecule has 0 saturated heterocycles. The summed E-state index contributed by atoms with van der Waals surface area (Å²) in [6.07, 6.45) is 0. The molecule has 1 aromatic heterocycles. The van der Waals surface area contributed by atoms with Gasteiger partial charge < -0.3 is 10.1 Å². The van der Waals surface area contributed by atoms with Crippen LogP contribution in [0.15, 0.2) is 53.9 Å². The van der Waals surface area contributed by atoms with Crippen LogP contribution in [0, 0.1) is 6.92 Å². The first kappa shape index (κ1) is 18.2. The van der Waals surface area contributed by atoms with Crippen molar-refractivity contribution in [1.29, 1.82) is 0 Å². The van der Waals surface area contributed by atoms with E-state index >= 15 is 0 Å². The predicted octanol–water partition coefficient (Wildman–Crippen LogP) is 5.42. The Bertz CT molecular complexity index is 946. The summed E-state index contributed by atoms with van der Waals surface area (Å²) in [4.78, 5) is 24.8. The number of carbonyl (C=O) groups excluding carboxylic acids is 2. The van der Waals surface area contributed by atoms with E-state index in [9.17, 15) is 9.59 Å². The zero-order chi connectivity index (χ0) is 18.7. The van der Waals surface area contributed by atoms with Gasteiger partial charge in [0.2, 0.25) is 0 Å². The number of anilines is 1. The molecule has 132 valence electrons. The second kappa shape index (κ2) is 7.72. The fourth-order valence-corrected chi connectivity index (χ4v) is 3.56. The zero-order valence-corrected chi connectivity index (χ0v) is 15.8. The van der Waals surface area contributed by atoms with E-state index in [1.165, 1.54) is 18.4 Å². The molecule has 0 saturated carbocycles. The van der Waals surface area contributed by atoms with E-state index in [0.29, 0.717) is 21.2 Å². The number of aryl methyl sites for hydroxylation is 1. The molecule has 1 heterocycles. The second-order valence-electron chi connectivity index (χ2n) is 5.67. The van der Waals surface area contributed by atoms with Gasteiger partial charge in [0.15, 0.2) is 0 Å². The summed E-state index contributed by atoms with van der Waals surface area (Å²) in [5.74, 6) is -0.808. The van der Waals surface area contributed by atoms with Gasteiger partial charge in [-0.2, -0.15) is 0 Å². The predicted molar refractivity (Wildman–Crippen MR) is 105 cm³/mol. The van der Waals surface area contributed by atoms with Crippen molar-refractivity contribution in [2.45, 2.75) is 6.92 Å². The van der Waals surface area contributed by atoms with Crippen molar-refractivity contribution in [2.24, 2.45) is 0 Å². The highest BCUT2D eigenvalue weighted by atomic mass is 35.5. The maximum atomic E-state index is 12.5. The summed E-state index contributed by atoms with van der Waals surface area (Å²) in [6, 6.07) is 14.4. The molecule has 1 N–H and O–H groups in total. The number of amides is 1. The molecule has 26 heavy (non-hydrogen) atoms. The normalized spacial score (nSPS) is 10.4. The van der Waals surface area contributed by atoms with Gasteiger partial charge in [-0.1, -0.05) is 41.4 Å². The van der Waals surface area contributed by atoms with Gasteiger partial charge in [0, 0.05) is 21.5 Å². The Kier molecular flexibility index (Phi) is 5.40. The van der Waals surface area contributed by atoms with Crippen LogP contribution < -0.4 is 5.32 Å². The van der Waals surface area contributed by atoms with Gasteiger partial charge in [0.25, 0.3) is 5.91 Å². The molecule has 1 amide bonds. The fraction of sp³-hybridized carbons (Fsp3) is 0.100. The van der Waals surface area contributed by atoms with Crippen molar-refractivity contribution in [1.82, 2.24) is 0 Å². The molecule has 4 nitrogen and oxygen atoms in total. The summed E-state index contributed by atoms with van der Waals surface area (Å²) in [7, 11) is 1.32. The molecule has 0 spiro atoms. The van der Waals surface area contributed by atoms with Crippen molar-refractivity contribution < 1.29 is 14.3 Å². The molecule has 0 aliphatic heterocycles. The monoisotopic (exact) mass is 385 g/mol. The maximum Gasteiger partial charge on any atom is 0.341 e. The Morgan fingerprint density at radius 1 is 1.04 bits per heavy atom. The van der Waals surface area contributed by atoms with Crippen molar-refractivity contribution in [2.75, 3.05) is 12.4 Å². The average Bonchev–Trinajstić information content (AvgIpc) is 3.05. The molecule has 2 aromatic carbocycles. The quantitative estimate of drug-likeness (QED) is 0.610. The van der Waals surface area contributed by atoms with Crippen LogP contribution in [0.2, 0.25) is 5.02 Å². The lowest BCUT2D eigenvalue weighted by Gasteiger charge is -2.08. The number of esters is 1. The number of halogens is 1. The molecule has 3 aromatic rings. The lowest BCUT2D eigenvalue weighted by molar-refractivity contribution is 0.0603. The molecule has 0 fully saturated rings. The molecule has 0 bridgehead atoms. The van der Waals surface area contributed by atoms with Crippen LogP contribution in [0.3, 0.4) is 0 Å². The third-order valence-electron chi connectivity index (χ3n) is 3.88. The van der Waals surface area contributed by atoms with E-state index in [1.54, 1.807) is 24.3 Å². The number of hydrogen-bond donors (Lipinski definition) is 1. The minimum atomic E-state index is -0.492. The van der Waals surface area contributed by atoms with Gasteiger partial charge in [0.05, 0.1) is 7.11 Å². The third kappa shape index (κ3) is 3.79. The summed E-state index contributed by atoms with van der Waals surface area (Å²) < 4.78 is 4.92. The first-order valence-electron chi connectivity index (χ1n) is 7.83. The van der Waals surface area contributed by atoms with Gasteiger partial charge in [-0.05, 0) is 36.8 Å². The van der Waals surface area contributed by atoms with Crippen LogP contribution in [0.4, 0.5) is 5.00 Å². The smallest absolute Gasteiger partial charge is 0.341 e. The third-order valence-corrected chi connectivity index (χ3v) is 5.02. The minimum absolute atomic E-state index is 0.316. The van der Waals surface area contributed by atoms with Crippen molar-refractivity contribution in [3.05, 3.63) is 75.6 Å². The Balaban J connectivity index is 1.96. The number of rotatable bonds is 4. The molecule has 0 aliphatic carbocycles. The summed E-state index contributed by atoms with van der Waals surface area (Å²) in [6.45, 7) is 2.00. The highest BCUT2D eigenvalue weighted by Gasteiger charge is 2.22. The van der Waals surface area contributed by atoms with E-state index in [-0.39, 0.29) is 5.91 Å². The second-order valence-corrected chi connectivity index (χ2v) is 6.99. The van der Waals surface area contributed by atoms with Gasteiger partial charge in [-0.25, -0.2) is 4.79 Å². The first-order valence-corrected chi connectivity index (χ1v) is 9.09. The Morgan fingerprint density at radius 3 is 2.31 bits per heavy atom. The summed E-state index contributed by atoms with van der Waals surface area (Å²) in [5, 5.41) is 5.64. The average molecular weight is 386 g/mol. The first-order chi connectivity index (χ1) is 12.5. The lowest BCUT2D eigenvalue weighted by Crippen LogP contribution is -2.14. The number of hydrogen-bond acceptors (Lipinski definition) is 4. The number of benzene rings is 2. The number of carbonyl (C=O) groups is 2. The Morgan fingerprint density at radius 2 is 1.69 bits per heavy atom. The maximum absolute atomic E-state index is 12.5. The molecule has 3 rings (SSSR count). The van der Waals surface area contributed by atoms with Crippen LogP contribution in [0.1, 0.15) is 26.3 Å². The molecule has 0 aliphatic rings. The van der Waals surface area contributed by atoms with E-state index in [4.69, 9.17) is 16.3 Å². The van der Waals surface area contributed by atoms with Crippen LogP contribution in [0.5, 0.6) is 0 Å². The number of thiophene rings is 1. The standard InChI is InChI=1S/C20H16ClNO3S/c1-12-3-5-13(6-4-12)16-11-26-19(17(16)20(24)25-2)22-18(23)14-7-9-15(21)10-8-14/h3-11H,1-2H3,(H,22,23). The molecule has 0 atom stereocenters. The summed E-state index contributed by atoms with van der Waals surface area (Å²) >= 11 is 7.14. The highest BCUT2D eigenvalue weighted by Crippen LogP contribution is 2.36. The van der Waals surface area contributed by atoms with Gasteiger partial charge in [0.1, 0.15) is 10.6 Å². The number of nitrogens with one attached hydrogen (secondary N) is 1. The van der Waals surface area contributed by atoms with E-state index in [2.05, 4.69) is 5.32 Å². The minimum Gasteiger partial charge on any atom is -0.465 e. The Hall–Kier alpha value is -2.63. The van der Waals surface area contributed by atoms with Gasteiger partial charge in [-0.3, -0.25) is 4.79 Å². The van der Waals surface area contributed by atoms with E-state index in [0.717, 1.165) is 16.7 Å². The highest BCUT2D eigenvalue weighted by molar-refractivity contribution is 7.15. The van der Waals surface area contributed by atoms with Gasteiger partial charge in [-0.15, -0.1) is 11.3 Å². The Labute approximate surface area is 160 Å². The van der Waals surface area contributed by atoms with Crippen molar-refractivity contribution >= 4 is 39.8 Å². The number of methoxy groups -OCH3 is 1. The zero-order valence-electron chi connectivity index (χ0n) is 14.2. The van der Waals surface area contributed by atoms with E-state index < -0.39 is 5.97 Å². The summed E-state index contributed by atoms with van der Waals surface area (Å²) in [5.41, 5.74) is 3.55. The van der Waals surface area contributed by atoms with Crippen molar-refractivity contribution in [3.63, 3.8) is 0 Å². The molecular weight excluding hydrogens is 370 g/mol. The largest absolute Gasteiger partial charge is 0.465 e. The van der Waals surface area contributed by atoms with Crippen LogP contribution in [0.25, 0.3) is 11.1 Å². The molecule has 0 unspecified atom stereocenters. The van der Waals surface area contributed by atoms with Crippen molar-refractivity contribution in [3.8, 4) is 11.1 Å². The van der Waals surface area contributed by atoms with Gasteiger partial charge >= 0.3 is 5.97 Å². The molecule has 6 heteroatoms. The topological polar surface area (TPSA) is 55.4 Å². The molecular formula is C20H16ClNO3S. The SMILES string of the molecule is COC(=O)c1c(-c2ccc(C)cc2)csc1NC(=O)c1ccc(Cl)cc1. The fourth-order valence-electron chi connectivity index (χ4n) is 2.48. The van der Waals surface area contributed by atoms with E-state index in [1.807, 2.05) is 36.6 Å².